The number of nitriles is 1. The Morgan fingerprint density at radius 1 is 1.56 bits per heavy atom. The number of hydrogen-bond acceptors (Lipinski definition) is 7. The van der Waals surface area contributed by atoms with Crippen LogP contribution in [-0.2, 0) is 6.50 Å². The third kappa shape index (κ3) is 4.00. The first-order valence-corrected chi connectivity index (χ1v) is 8.63. The Labute approximate surface area is 180 Å². The number of hydrogen-bond donors (Lipinski definition) is 1. The van der Waals surface area contributed by atoms with E-state index in [1.807, 2.05) is 0 Å². The fraction of sp³-hybridized carbons (Fsp3) is 0.333. The third-order valence-electron chi connectivity index (χ3n) is 3.39. The highest BCUT2D eigenvalue weighted by Crippen LogP contribution is 2.30. The van der Waals surface area contributed by atoms with E-state index in [1.54, 1.807) is 0 Å². The molecule has 0 radical (unpaired) electrons. The lowest BCUT2D eigenvalue weighted by Crippen LogP contribution is -2.38. The van der Waals surface area contributed by atoms with Crippen molar-refractivity contribution in [2.75, 3.05) is 18.4 Å². The van der Waals surface area contributed by atoms with Crippen molar-refractivity contribution in [3.05, 3.63) is 45.9 Å². The van der Waals surface area contributed by atoms with Crippen LogP contribution in [0.25, 0.3) is 10.3 Å². The summed E-state index contributed by atoms with van der Waals surface area (Å²) in [6.45, 7) is -5.10. The molecule has 0 spiro atoms. The Kier molecular flexibility index (Phi) is 2.64. The molecule has 0 saturated carbocycles. The number of piperidine rings is 1. The van der Waals surface area contributed by atoms with Gasteiger partial charge in [-0.3, -0.25) is 4.90 Å². The number of anilines is 1. The molecule has 0 unspecified atom stereocenters. The number of rotatable bonds is 4. The molecule has 1 aliphatic heterocycles. The number of halogens is 2. The largest absolute Gasteiger partial charge is 0.366 e. The van der Waals surface area contributed by atoms with Crippen LogP contribution in [0, 0.1) is 17.1 Å². The van der Waals surface area contributed by atoms with Crippen LogP contribution in [0.3, 0.4) is 0 Å². The SMILES string of the molecule is [2H]c1c([2H])c(C([2H])([2H])N2CC([2H])([2H])C([2H])(N([2H])c3ncnc4nc(Cl)sc34)C([2H])([2H])C2)c([2H])c(C#N)c1F. The van der Waals surface area contributed by atoms with Gasteiger partial charge in [-0.15, -0.1) is 0 Å². The van der Waals surface area contributed by atoms with Gasteiger partial charge >= 0.3 is 0 Å². The van der Waals surface area contributed by atoms with E-state index >= 15 is 0 Å². The lowest BCUT2D eigenvalue weighted by atomic mass is 10.0. The molecule has 3 aromatic rings. The predicted octanol–water partition coefficient (Wildman–Crippen LogP) is 3.83. The van der Waals surface area contributed by atoms with E-state index in [9.17, 15) is 9.65 Å². The zero-order valence-electron chi connectivity index (χ0n) is 24.3. The van der Waals surface area contributed by atoms with E-state index in [1.165, 1.54) is 6.07 Å². The number of aromatic nitrogens is 3. The molecule has 27 heavy (non-hydrogen) atoms. The minimum absolute atomic E-state index is 0.0189. The summed E-state index contributed by atoms with van der Waals surface area (Å²) in [4.78, 5) is 12.3. The average molecular weight is 414 g/mol. The second-order valence-electron chi connectivity index (χ2n) is 5.15. The molecule has 1 aliphatic rings. The Bertz CT molecular complexity index is 1480. The van der Waals surface area contributed by atoms with E-state index in [0.29, 0.717) is 4.90 Å². The molecular weight excluding hydrogens is 387 g/mol. The van der Waals surface area contributed by atoms with Gasteiger partial charge in [0.15, 0.2) is 11.5 Å². The fourth-order valence-electron chi connectivity index (χ4n) is 2.20. The van der Waals surface area contributed by atoms with Gasteiger partial charge in [-0.25, -0.2) is 19.3 Å². The van der Waals surface area contributed by atoms with Crippen molar-refractivity contribution < 1.29 is 19.5 Å². The van der Waals surface area contributed by atoms with Crippen molar-refractivity contribution in [1.29, 1.82) is 5.26 Å². The normalized spacial score (nSPS) is 27.1. The van der Waals surface area contributed by atoms with Gasteiger partial charge in [0.25, 0.3) is 0 Å². The number of nitrogens with zero attached hydrogens (tertiary/aromatic N) is 5. The highest BCUT2D eigenvalue weighted by molar-refractivity contribution is 7.22. The smallest absolute Gasteiger partial charge is 0.186 e. The molecule has 1 saturated heterocycles. The number of fused-ring (bicyclic) bond motifs is 1. The second kappa shape index (κ2) is 7.72. The van der Waals surface area contributed by atoms with Gasteiger partial charge in [0.2, 0.25) is 0 Å². The summed E-state index contributed by atoms with van der Waals surface area (Å²) in [6.07, 6.45) is -5.04. The monoisotopic (exact) mass is 413 g/mol. The highest BCUT2D eigenvalue weighted by Gasteiger charge is 2.21. The number of nitrogens with one attached hydrogen (secondary N) is 1. The Morgan fingerprint density at radius 2 is 2.37 bits per heavy atom. The van der Waals surface area contributed by atoms with E-state index in [0.717, 1.165) is 17.7 Å². The van der Waals surface area contributed by atoms with E-state index < -0.39 is 73.4 Å². The maximum Gasteiger partial charge on any atom is 0.186 e. The molecule has 1 fully saturated rings. The maximum atomic E-state index is 14.3. The van der Waals surface area contributed by atoms with Crippen LogP contribution in [-0.4, -0.2) is 39.0 Å². The molecule has 2 aromatic heterocycles. The third-order valence-corrected chi connectivity index (χ3v) is 4.53. The van der Waals surface area contributed by atoms with Gasteiger partial charge in [-0.05, 0) is 30.4 Å². The molecule has 3 heterocycles. The molecule has 4 rings (SSSR count). The summed E-state index contributed by atoms with van der Waals surface area (Å²) >= 11 is 6.75. The summed E-state index contributed by atoms with van der Waals surface area (Å²) in [6, 6.07) is -4.92. The van der Waals surface area contributed by atoms with Crippen molar-refractivity contribution in [1.82, 2.24) is 19.9 Å². The number of likely N-dealkylation sites (tertiary alicyclic amines) is 1. The van der Waals surface area contributed by atoms with Gasteiger partial charge in [0, 0.05) is 33.8 Å². The first-order valence-electron chi connectivity index (χ1n) is 12.9. The summed E-state index contributed by atoms with van der Waals surface area (Å²) < 4.78 is 107. The maximum absolute atomic E-state index is 14.3. The Balaban J connectivity index is 1.82. The van der Waals surface area contributed by atoms with Gasteiger partial charge in [-0.2, -0.15) is 5.26 Å². The number of thiazole rings is 1. The summed E-state index contributed by atoms with van der Waals surface area (Å²) in [7, 11) is 0. The van der Waals surface area contributed by atoms with Gasteiger partial charge in [-0.1, -0.05) is 29.0 Å². The fourth-order valence-corrected chi connectivity index (χ4v) is 3.19. The molecule has 1 aromatic carbocycles. The van der Waals surface area contributed by atoms with Crippen molar-refractivity contribution in [2.24, 2.45) is 0 Å². The Hall–Kier alpha value is -2.34. The number of benzene rings is 1. The lowest BCUT2D eigenvalue weighted by molar-refractivity contribution is 0.211. The van der Waals surface area contributed by atoms with Crippen LogP contribution in [0.4, 0.5) is 10.2 Å². The Morgan fingerprint density at radius 3 is 3.15 bits per heavy atom. The summed E-state index contributed by atoms with van der Waals surface area (Å²) in [5.74, 6) is -1.84. The van der Waals surface area contributed by atoms with E-state index in [-0.39, 0.29) is 25.9 Å². The standard InChI is InChI=1S/C18H16ClFN6S/c19-18-25-17-15(27-18)16(22-10-23-17)24-13-3-5-26(6-4-13)9-11-1-2-14(20)12(7-11)8-21/h1-2,7,10,13H,3-6,9H2,(H,22,23,24)/i1D,2D,3D2,4D2,7D,9D2,13D/hD. The molecule has 9 heteroatoms. The van der Waals surface area contributed by atoms with Gasteiger partial charge in [0.1, 0.15) is 28.7 Å². The first kappa shape index (κ1) is 9.24. The van der Waals surface area contributed by atoms with Crippen molar-refractivity contribution >= 4 is 39.1 Å². The van der Waals surface area contributed by atoms with E-state index in [4.69, 9.17) is 26.7 Å². The highest BCUT2D eigenvalue weighted by atomic mass is 35.5. The quantitative estimate of drug-likeness (QED) is 0.700. The first-order chi connectivity index (χ1) is 17.4. The van der Waals surface area contributed by atoms with Crippen molar-refractivity contribution in [2.45, 2.75) is 25.3 Å². The van der Waals surface area contributed by atoms with E-state index in [2.05, 4.69) is 15.0 Å². The van der Waals surface area contributed by atoms with Gasteiger partial charge in [0.05, 0.1) is 11.0 Å². The van der Waals surface area contributed by atoms with Gasteiger partial charge < -0.3 is 5.31 Å². The molecule has 0 aliphatic carbocycles. The zero-order valence-corrected chi connectivity index (χ0v) is 14.9. The van der Waals surface area contributed by atoms with Crippen LogP contribution in [0.1, 0.15) is 37.6 Å². The molecule has 6 nitrogen and oxygen atoms in total. The van der Waals surface area contributed by atoms with Crippen LogP contribution >= 0.6 is 22.9 Å². The topological polar surface area (TPSA) is 77.7 Å². The zero-order chi connectivity index (χ0) is 28.6. The second-order valence-corrected chi connectivity index (χ2v) is 6.73. The molecule has 0 amide bonds. The molecule has 0 atom stereocenters. The molecular formula is C18H16ClFN6S. The van der Waals surface area contributed by atoms with Crippen LogP contribution in [0.5, 0.6) is 0 Å². The molecule has 0 bridgehead atoms. The lowest BCUT2D eigenvalue weighted by Gasteiger charge is -2.32. The average Bonchev–Trinajstić information content (AvgIpc) is 3.20. The van der Waals surface area contributed by atoms with Crippen LogP contribution in [0.15, 0.2) is 24.5 Å². The van der Waals surface area contributed by atoms with Crippen LogP contribution < -0.4 is 5.31 Å². The molecule has 138 valence electrons. The van der Waals surface area contributed by atoms with Crippen molar-refractivity contribution in [3.8, 4) is 6.07 Å². The minimum atomic E-state index is -3.05. The molecule has 1 N–H and O–H groups in total. The summed E-state index contributed by atoms with van der Waals surface area (Å²) in [5, 5.41) is 9.45. The van der Waals surface area contributed by atoms with Crippen molar-refractivity contribution in [3.63, 3.8) is 0 Å². The predicted molar refractivity (Wildman–Crippen MR) is 103 cm³/mol. The minimum Gasteiger partial charge on any atom is -0.366 e. The van der Waals surface area contributed by atoms with Crippen LogP contribution in [0.2, 0.25) is 5.88 Å². The summed E-state index contributed by atoms with van der Waals surface area (Å²) in [5.41, 5.74) is -1.87.